The lowest BCUT2D eigenvalue weighted by Gasteiger charge is -2.18. The molecular weight excluding hydrogens is 336 g/mol. The fourth-order valence-corrected chi connectivity index (χ4v) is 3.28. The number of nitrogens with one attached hydrogen (secondary N) is 2. The lowest BCUT2D eigenvalue weighted by atomic mass is 10.2. The first-order chi connectivity index (χ1) is 11.3. The van der Waals surface area contributed by atoms with Crippen LogP contribution in [0, 0.1) is 6.92 Å². The number of benzene rings is 1. The number of aryl methyl sites for hydroxylation is 2. The highest BCUT2D eigenvalue weighted by Gasteiger charge is 2.24. The third-order valence-corrected chi connectivity index (χ3v) is 4.71. The molecule has 0 aliphatic carbocycles. The zero-order chi connectivity index (χ0) is 17.5. The van der Waals surface area contributed by atoms with E-state index >= 15 is 0 Å². The van der Waals surface area contributed by atoms with Gasteiger partial charge in [-0.15, -0.1) is 0 Å². The molecule has 1 aromatic heterocycles. The minimum atomic E-state index is -4.11. The predicted molar refractivity (Wildman–Crippen MR) is 83.2 cm³/mol. The molecule has 2 aromatic rings. The second-order valence-corrected chi connectivity index (χ2v) is 6.91. The number of hydrogen-bond donors (Lipinski definition) is 2. The molecule has 9 nitrogen and oxygen atoms in total. The van der Waals surface area contributed by atoms with Gasteiger partial charge in [-0.3, -0.25) is 14.3 Å². The number of hydrogen-bond acceptors (Lipinski definition) is 6. The first-order valence-electron chi connectivity index (χ1n) is 6.90. The fourth-order valence-electron chi connectivity index (χ4n) is 2.29. The van der Waals surface area contributed by atoms with Crippen LogP contribution < -0.4 is 14.8 Å². The maximum atomic E-state index is 12.4. The Morgan fingerprint density at radius 2 is 2.17 bits per heavy atom. The summed E-state index contributed by atoms with van der Waals surface area (Å²) in [4.78, 5) is 23.3. The molecule has 0 saturated heterocycles. The van der Waals surface area contributed by atoms with Crippen LogP contribution in [-0.4, -0.2) is 36.6 Å². The van der Waals surface area contributed by atoms with E-state index in [4.69, 9.17) is 4.74 Å². The number of nitrogens with zero attached hydrogens (tertiary/aromatic N) is 2. The molecule has 0 unspecified atom stereocenters. The van der Waals surface area contributed by atoms with Gasteiger partial charge in [-0.25, -0.2) is 13.1 Å². The number of fused-ring (bicyclic) bond motifs is 1. The summed E-state index contributed by atoms with van der Waals surface area (Å²) < 4.78 is 33.4. The summed E-state index contributed by atoms with van der Waals surface area (Å²) in [5.41, 5.74) is 0.811. The van der Waals surface area contributed by atoms with Crippen LogP contribution >= 0.6 is 0 Å². The van der Waals surface area contributed by atoms with Gasteiger partial charge in [0.1, 0.15) is 5.75 Å². The Balaban J connectivity index is 1.88. The summed E-state index contributed by atoms with van der Waals surface area (Å²) in [5.74, 6) is -0.798. The molecule has 0 atom stereocenters. The van der Waals surface area contributed by atoms with Crippen LogP contribution in [0.5, 0.6) is 5.75 Å². The monoisotopic (exact) mass is 350 g/mol. The number of carbonyl (C=O) groups excluding carboxylic acids is 2. The van der Waals surface area contributed by atoms with Crippen LogP contribution in [-0.2, 0) is 21.9 Å². The molecule has 0 radical (unpaired) electrons. The van der Waals surface area contributed by atoms with Crippen molar-refractivity contribution in [2.24, 2.45) is 7.05 Å². The van der Waals surface area contributed by atoms with Crippen molar-refractivity contribution in [1.82, 2.24) is 14.5 Å². The van der Waals surface area contributed by atoms with Crippen LogP contribution in [0.2, 0.25) is 0 Å². The van der Waals surface area contributed by atoms with Crippen molar-refractivity contribution in [3.8, 4) is 5.75 Å². The van der Waals surface area contributed by atoms with Crippen molar-refractivity contribution in [3.63, 3.8) is 0 Å². The number of carbonyl (C=O) groups is 2. The van der Waals surface area contributed by atoms with Gasteiger partial charge in [-0.1, -0.05) is 0 Å². The predicted octanol–water partition coefficient (Wildman–Crippen LogP) is 0.178. The maximum Gasteiger partial charge on any atom is 0.268 e. The number of ether oxygens (including phenoxy) is 1. The van der Waals surface area contributed by atoms with Gasteiger partial charge in [0.05, 0.1) is 21.8 Å². The summed E-state index contributed by atoms with van der Waals surface area (Å²) in [6, 6.07) is 3.95. The largest absolute Gasteiger partial charge is 0.482 e. The summed E-state index contributed by atoms with van der Waals surface area (Å²) in [6.07, 6.45) is 1.43. The summed E-state index contributed by atoms with van der Waals surface area (Å²) >= 11 is 0. The highest BCUT2D eigenvalue weighted by molar-refractivity contribution is 7.90. The summed E-state index contributed by atoms with van der Waals surface area (Å²) in [7, 11) is -2.48. The normalized spacial score (nSPS) is 13.7. The molecule has 3 rings (SSSR count). The molecule has 2 N–H and O–H groups in total. The van der Waals surface area contributed by atoms with E-state index in [2.05, 4.69) is 10.4 Å². The molecule has 0 bridgehead atoms. The molecular formula is C14H14N4O5S. The van der Waals surface area contributed by atoms with E-state index in [0.717, 1.165) is 0 Å². The van der Waals surface area contributed by atoms with E-state index in [1.165, 1.54) is 29.1 Å². The minimum absolute atomic E-state index is 0.129. The van der Waals surface area contributed by atoms with Crippen molar-refractivity contribution in [1.29, 1.82) is 0 Å². The van der Waals surface area contributed by atoms with Crippen molar-refractivity contribution in [2.45, 2.75) is 11.8 Å². The molecule has 1 aliphatic heterocycles. The molecule has 10 heteroatoms. The van der Waals surface area contributed by atoms with Crippen LogP contribution in [0.3, 0.4) is 0 Å². The quantitative estimate of drug-likeness (QED) is 0.815. The number of amides is 2. The first-order valence-corrected chi connectivity index (χ1v) is 8.39. The van der Waals surface area contributed by atoms with Crippen molar-refractivity contribution in [2.75, 3.05) is 11.9 Å². The number of sulfonamides is 1. The number of anilines is 1. The van der Waals surface area contributed by atoms with Crippen molar-refractivity contribution in [3.05, 3.63) is 35.7 Å². The Bertz CT molecular complexity index is 948. The van der Waals surface area contributed by atoms with Gasteiger partial charge in [-0.2, -0.15) is 5.10 Å². The maximum absolute atomic E-state index is 12.4. The molecule has 126 valence electrons. The average Bonchev–Trinajstić information content (AvgIpc) is 2.84. The second-order valence-electron chi connectivity index (χ2n) is 5.23. The van der Waals surface area contributed by atoms with Gasteiger partial charge in [0, 0.05) is 13.2 Å². The van der Waals surface area contributed by atoms with Gasteiger partial charge in [0.25, 0.3) is 21.8 Å². The average molecular weight is 350 g/mol. The SMILES string of the molecule is Cc1nn(C)cc1C(=O)NS(=O)(=O)c1ccc2c(c1)NC(=O)CO2. The van der Waals surface area contributed by atoms with Crippen molar-refractivity contribution < 1.29 is 22.7 Å². The van der Waals surface area contributed by atoms with Crippen LogP contribution in [0.15, 0.2) is 29.3 Å². The summed E-state index contributed by atoms with van der Waals surface area (Å²) in [6.45, 7) is 1.48. The van der Waals surface area contributed by atoms with Gasteiger partial charge in [0.2, 0.25) is 0 Å². The lowest BCUT2D eigenvalue weighted by Crippen LogP contribution is -2.31. The molecule has 0 spiro atoms. The number of rotatable bonds is 3. The topological polar surface area (TPSA) is 119 Å². The standard InChI is InChI=1S/C14H14N4O5S/c1-8-10(6-18(2)16-8)14(20)17-24(21,22)9-3-4-12-11(5-9)15-13(19)7-23-12/h3-6H,7H2,1-2H3,(H,15,19)(H,17,20). The molecule has 2 amide bonds. The lowest BCUT2D eigenvalue weighted by molar-refractivity contribution is -0.118. The van der Waals surface area contributed by atoms with Crippen LogP contribution in [0.1, 0.15) is 16.1 Å². The molecule has 0 saturated carbocycles. The molecule has 2 heterocycles. The highest BCUT2D eigenvalue weighted by Crippen LogP contribution is 2.30. The smallest absolute Gasteiger partial charge is 0.268 e. The molecule has 0 fully saturated rings. The Morgan fingerprint density at radius 3 is 2.83 bits per heavy atom. The number of aromatic nitrogens is 2. The summed E-state index contributed by atoms with van der Waals surface area (Å²) in [5, 5.41) is 6.51. The van der Waals surface area contributed by atoms with Gasteiger partial charge < -0.3 is 10.1 Å². The van der Waals surface area contributed by atoms with Crippen LogP contribution in [0.25, 0.3) is 0 Å². The first kappa shape index (κ1) is 16.0. The Morgan fingerprint density at radius 1 is 1.42 bits per heavy atom. The van der Waals surface area contributed by atoms with Gasteiger partial charge in [-0.05, 0) is 25.1 Å². The minimum Gasteiger partial charge on any atom is -0.482 e. The molecule has 1 aliphatic rings. The fraction of sp³-hybridized carbons (Fsp3) is 0.214. The zero-order valence-corrected chi connectivity index (χ0v) is 13.7. The van der Waals surface area contributed by atoms with E-state index in [-0.39, 0.29) is 28.7 Å². The van der Waals surface area contributed by atoms with Gasteiger partial charge >= 0.3 is 0 Å². The Labute approximate surface area is 137 Å². The van der Waals surface area contributed by atoms with E-state index in [9.17, 15) is 18.0 Å². The Hall–Kier alpha value is -2.88. The Kier molecular flexibility index (Phi) is 3.76. The third kappa shape index (κ3) is 2.95. The van der Waals surface area contributed by atoms with E-state index in [1.54, 1.807) is 14.0 Å². The highest BCUT2D eigenvalue weighted by atomic mass is 32.2. The van der Waals surface area contributed by atoms with Crippen LogP contribution in [0.4, 0.5) is 5.69 Å². The second kappa shape index (κ2) is 5.64. The van der Waals surface area contributed by atoms with Gasteiger partial charge in [0.15, 0.2) is 6.61 Å². The molecule has 24 heavy (non-hydrogen) atoms. The molecule has 1 aromatic carbocycles. The van der Waals surface area contributed by atoms with E-state index in [0.29, 0.717) is 11.4 Å². The zero-order valence-electron chi connectivity index (χ0n) is 12.9. The van der Waals surface area contributed by atoms with Crippen molar-refractivity contribution >= 4 is 27.5 Å². The third-order valence-electron chi connectivity index (χ3n) is 3.38. The van der Waals surface area contributed by atoms with E-state index in [1.807, 2.05) is 4.72 Å². The van der Waals surface area contributed by atoms with E-state index < -0.39 is 15.9 Å².